The minimum absolute atomic E-state index is 0.278. The van der Waals surface area contributed by atoms with Gasteiger partial charge in [-0.15, -0.1) is 0 Å². The molecule has 2 unspecified atom stereocenters. The lowest BCUT2D eigenvalue weighted by Crippen LogP contribution is -2.21. The van der Waals surface area contributed by atoms with Crippen LogP contribution in [0.3, 0.4) is 0 Å². The summed E-state index contributed by atoms with van der Waals surface area (Å²) in [4.78, 5) is 11.3. The fourth-order valence-electron chi connectivity index (χ4n) is 3.24. The summed E-state index contributed by atoms with van der Waals surface area (Å²) in [7, 11) is 0. The van der Waals surface area contributed by atoms with Gasteiger partial charge in [-0.1, -0.05) is 23.8 Å². The quantitative estimate of drug-likeness (QED) is 0.844. The van der Waals surface area contributed by atoms with Crippen LogP contribution in [0.2, 0.25) is 0 Å². The van der Waals surface area contributed by atoms with Crippen LogP contribution in [-0.4, -0.2) is 11.1 Å². The first-order chi connectivity index (χ1) is 8.16. The predicted octanol–water partition coefficient (Wildman–Crippen LogP) is 3.45. The minimum Gasteiger partial charge on any atom is -0.481 e. The van der Waals surface area contributed by atoms with E-state index in [1.54, 1.807) is 0 Å². The normalized spacial score (nSPS) is 27.6. The van der Waals surface area contributed by atoms with Crippen LogP contribution in [0.5, 0.6) is 0 Å². The van der Waals surface area contributed by atoms with Gasteiger partial charge in [-0.3, -0.25) is 4.79 Å². The zero-order valence-corrected chi connectivity index (χ0v) is 10.1. The average molecular weight is 230 g/mol. The second-order valence-corrected chi connectivity index (χ2v) is 5.54. The van der Waals surface area contributed by atoms with E-state index in [1.165, 1.54) is 24.0 Å². The van der Waals surface area contributed by atoms with E-state index in [2.05, 4.69) is 18.2 Å². The molecule has 17 heavy (non-hydrogen) atoms. The maximum Gasteiger partial charge on any atom is 0.310 e. The summed E-state index contributed by atoms with van der Waals surface area (Å²) in [6.07, 6.45) is 4.52. The monoisotopic (exact) mass is 230 g/mol. The lowest BCUT2D eigenvalue weighted by molar-refractivity contribution is -0.139. The Labute approximate surface area is 102 Å². The summed E-state index contributed by atoms with van der Waals surface area (Å²) in [5.74, 6) is 0.512. The van der Waals surface area contributed by atoms with Crippen molar-refractivity contribution in [2.24, 2.45) is 5.92 Å². The highest BCUT2D eigenvalue weighted by atomic mass is 16.4. The lowest BCUT2D eigenvalue weighted by atomic mass is 9.74. The predicted molar refractivity (Wildman–Crippen MR) is 66.3 cm³/mol. The first-order valence-electron chi connectivity index (χ1n) is 6.50. The molecule has 2 atom stereocenters. The highest BCUT2D eigenvalue weighted by molar-refractivity contribution is 5.77. The molecule has 0 aliphatic heterocycles. The first-order valence-corrected chi connectivity index (χ1v) is 6.50. The Kier molecular flexibility index (Phi) is 2.46. The number of aryl methyl sites for hydroxylation is 1. The van der Waals surface area contributed by atoms with Gasteiger partial charge in [0.15, 0.2) is 0 Å². The van der Waals surface area contributed by atoms with Crippen molar-refractivity contribution in [1.82, 2.24) is 0 Å². The molecule has 0 spiro atoms. The fourth-order valence-corrected chi connectivity index (χ4v) is 3.24. The van der Waals surface area contributed by atoms with Crippen LogP contribution in [0, 0.1) is 12.8 Å². The number of fused-ring (bicyclic) bond motifs is 1. The third-order valence-electron chi connectivity index (χ3n) is 4.27. The molecule has 2 heteroatoms. The molecule has 1 saturated carbocycles. The molecule has 0 amide bonds. The second kappa shape index (κ2) is 3.86. The summed E-state index contributed by atoms with van der Waals surface area (Å²) in [5, 5.41) is 9.32. The van der Waals surface area contributed by atoms with Crippen LogP contribution in [0.15, 0.2) is 18.2 Å². The van der Waals surface area contributed by atoms with Crippen LogP contribution in [-0.2, 0) is 4.79 Å². The van der Waals surface area contributed by atoms with E-state index in [9.17, 15) is 9.90 Å². The molecule has 0 bridgehead atoms. The van der Waals surface area contributed by atoms with Crippen molar-refractivity contribution in [2.45, 2.75) is 44.4 Å². The highest BCUT2D eigenvalue weighted by Gasteiger charge is 2.39. The third kappa shape index (κ3) is 1.86. The number of benzene rings is 1. The van der Waals surface area contributed by atoms with Crippen LogP contribution in [0.4, 0.5) is 0 Å². The van der Waals surface area contributed by atoms with Gasteiger partial charge in [0.2, 0.25) is 0 Å². The van der Waals surface area contributed by atoms with E-state index < -0.39 is 5.97 Å². The smallest absolute Gasteiger partial charge is 0.310 e. The zero-order chi connectivity index (χ0) is 12.0. The molecule has 0 saturated heterocycles. The number of hydrogen-bond donors (Lipinski definition) is 1. The van der Waals surface area contributed by atoms with Crippen LogP contribution in [0.1, 0.15) is 54.2 Å². The van der Waals surface area contributed by atoms with Gasteiger partial charge in [0.05, 0.1) is 5.92 Å². The summed E-state index contributed by atoms with van der Waals surface area (Å²) >= 11 is 0. The van der Waals surface area contributed by atoms with E-state index in [0.29, 0.717) is 5.92 Å². The summed E-state index contributed by atoms with van der Waals surface area (Å²) in [6.45, 7) is 2.04. The molecule has 1 fully saturated rings. The topological polar surface area (TPSA) is 37.3 Å². The van der Waals surface area contributed by atoms with Gasteiger partial charge < -0.3 is 5.11 Å². The molecule has 1 aromatic carbocycles. The summed E-state index contributed by atoms with van der Waals surface area (Å²) in [6, 6.07) is 6.38. The van der Waals surface area contributed by atoms with Crippen molar-refractivity contribution in [2.75, 3.05) is 0 Å². The molecule has 90 valence electrons. The van der Waals surface area contributed by atoms with E-state index >= 15 is 0 Å². The van der Waals surface area contributed by atoms with Gasteiger partial charge >= 0.3 is 5.97 Å². The standard InChI is InChI=1S/C15H18O2/c1-9-2-5-12-11(10-3-4-10)6-7-13(15(16)17)14(12)8-9/h2,5,8,10-11,13H,3-4,6-7H2,1H3,(H,16,17). The average Bonchev–Trinajstić information content (AvgIpc) is 3.10. The maximum absolute atomic E-state index is 11.3. The van der Waals surface area contributed by atoms with Crippen LogP contribution in [0.25, 0.3) is 0 Å². The van der Waals surface area contributed by atoms with Crippen molar-refractivity contribution in [3.8, 4) is 0 Å². The van der Waals surface area contributed by atoms with Gasteiger partial charge in [-0.05, 0) is 55.6 Å². The van der Waals surface area contributed by atoms with Crippen molar-refractivity contribution >= 4 is 5.97 Å². The molecule has 1 N–H and O–H groups in total. The van der Waals surface area contributed by atoms with Gasteiger partial charge in [0, 0.05) is 0 Å². The number of rotatable bonds is 2. The highest BCUT2D eigenvalue weighted by Crippen LogP contribution is 2.50. The molecule has 0 heterocycles. The second-order valence-electron chi connectivity index (χ2n) is 5.54. The summed E-state index contributed by atoms with van der Waals surface area (Å²) in [5.41, 5.74) is 3.57. The Morgan fingerprint density at radius 2 is 1.94 bits per heavy atom. The van der Waals surface area contributed by atoms with Gasteiger partial charge in [-0.25, -0.2) is 0 Å². The van der Waals surface area contributed by atoms with Crippen LogP contribution >= 0.6 is 0 Å². The Hall–Kier alpha value is -1.31. The molecule has 0 aromatic heterocycles. The van der Waals surface area contributed by atoms with Crippen molar-refractivity contribution in [3.05, 3.63) is 34.9 Å². The molecular formula is C15H18O2. The van der Waals surface area contributed by atoms with Crippen molar-refractivity contribution < 1.29 is 9.90 Å². The van der Waals surface area contributed by atoms with E-state index in [0.717, 1.165) is 24.3 Å². The maximum atomic E-state index is 11.3. The molecule has 2 nitrogen and oxygen atoms in total. The van der Waals surface area contributed by atoms with Gasteiger partial charge in [0.25, 0.3) is 0 Å². The summed E-state index contributed by atoms with van der Waals surface area (Å²) < 4.78 is 0. The molecule has 1 aromatic rings. The molecule has 2 aliphatic carbocycles. The molecule has 2 aliphatic rings. The van der Waals surface area contributed by atoms with E-state index in [1.807, 2.05) is 6.92 Å². The van der Waals surface area contributed by atoms with Gasteiger partial charge in [0.1, 0.15) is 0 Å². The van der Waals surface area contributed by atoms with Crippen molar-refractivity contribution in [3.63, 3.8) is 0 Å². The Balaban J connectivity index is 2.05. The molecular weight excluding hydrogens is 212 g/mol. The van der Waals surface area contributed by atoms with Crippen molar-refractivity contribution in [1.29, 1.82) is 0 Å². The number of aliphatic carboxylic acids is 1. The van der Waals surface area contributed by atoms with E-state index in [4.69, 9.17) is 0 Å². The van der Waals surface area contributed by atoms with Crippen LogP contribution < -0.4 is 0 Å². The molecule has 3 rings (SSSR count). The van der Waals surface area contributed by atoms with E-state index in [-0.39, 0.29) is 5.92 Å². The fraction of sp³-hybridized carbons (Fsp3) is 0.533. The number of hydrogen-bond acceptors (Lipinski definition) is 1. The van der Waals surface area contributed by atoms with Gasteiger partial charge in [-0.2, -0.15) is 0 Å². The Morgan fingerprint density at radius 3 is 2.59 bits per heavy atom. The molecule has 0 radical (unpaired) electrons. The number of carboxylic acid groups (broad SMARTS) is 1. The largest absolute Gasteiger partial charge is 0.481 e. The zero-order valence-electron chi connectivity index (χ0n) is 10.1. The SMILES string of the molecule is Cc1ccc2c(c1)C(C(=O)O)CCC2C1CC1. The Morgan fingerprint density at radius 1 is 1.18 bits per heavy atom. The minimum atomic E-state index is -0.661. The third-order valence-corrected chi connectivity index (χ3v) is 4.27. The Bertz CT molecular complexity index is 460. The first kappa shape index (κ1) is 10.8. The number of carbonyl (C=O) groups is 1. The number of carboxylic acids is 1. The lowest BCUT2D eigenvalue weighted by Gasteiger charge is -2.30.